The van der Waals surface area contributed by atoms with Gasteiger partial charge in [-0.25, -0.2) is 0 Å². The fourth-order valence-electron chi connectivity index (χ4n) is 2.12. The van der Waals surface area contributed by atoms with Gasteiger partial charge in [0.05, 0.1) is 0 Å². The van der Waals surface area contributed by atoms with Crippen molar-refractivity contribution in [2.24, 2.45) is 4.99 Å². The first kappa shape index (κ1) is 11.0. The molecule has 0 atom stereocenters. The predicted octanol–water partition coefficient (Wildman–Crippen LogP) is 3.93. The molecule has 2 aromatic carbocycles. The van der Waals surface area contributed by atoms with Crippen molar-refractivity contribution in [1.82, 2.24) is 0 Å². The molecule has 17 heavy (non-hydrogen) atoms. The van der Waals surface area contributed by atoms with Gasteiger partial charge in [-0.3, -0.25) is 4.99 Å². The zero-order valence-corrected chi connectivity index (χ0v) is 11.5. The van der Waals surface area contributed by atoms with E-state index in [1.54, 1.807) is 0 Å². The van der Waals surface area contributed by atoms with Gasteiger partial charge in [-0.05, 0) is 63.4 Å². The quantitative estimate of drug-likeness (QED) is 0.701. The number of nitrogens with zero attached hydrogens (tertiary/aromatic N) is 1. The van der Waals surface area contributed by atoms with Crippen molar-refractivity contribution in [2.75, 3.05) is 6.54 Å². The molecule has 0 aromatic heterocycles. The first-order valence-corrected chi connectivity index (χ1v) is 6.79. The lowest BCUT2D eigenvalue weighted by molar-refractivity contribution is 0.953. The Morgan fingerprint density at radius 1 is 0.941 bits per heavy atom. The highest BCUT2D eigenvalue weighted by Crippen LogP contribution is 2.24. The van der Waals surface area contributed by atoms with Crippen LogP contribution < -0.4 is 0 Å². The van der Waals surface area contributed by atoms with Crippen LogP contribution in [0.1, 0.15) is 11.1 Å². The summed E-state index contributed by atoms with van der Waals surface area (Å²) in [5, 5.41) is 0. The van der Waals surface area contributed by atoms with Crippen LogP contribution in [0.15, 0.2) is 47.5 Å². The topological polar surface area (TPSA) is 12.4 Å². The normalized spacial score (nSPS) is 13.5. The fraction of sp³-hybridized carbons (Fsp3) is 0.133. The minimum absolute atomic E-state index is 0.920. The Balaban J connectivity index is 2.04. The summed E-state index contributed by atoms with van der Waals surface area (Å²) in [6.07, 6.45) is 3.04. The van der Waals surface area contributed by atoms with Gasteiger partial charge in [0.1, 0.15) is 0 Å². The first-order valence-electron chi connectivity index (χ1n) is 5.72. The van der Waals surface area contributed by atoms with E-state index in [0.717, 1.165) is 13.0 Å². The van der Waals surface area contributed by atoms with E-state index in [1.807, 2.05) is 6.21 Å². The fourth-order valence-corrected chi connectivity index (χ4v) is 2.48. The summed E-state index contributed by atoms with van der Waals surface area (Å²) in [6.45, 7) is 0.920. The number of rotatable bonds is 1. The molecule has 0 spiro atoms. The maximum atomic E-state index is 4.31. The lowest BCUT2D eigenvalue weighted by Crippen LogP contribution is -2.02. The highest BCUT2D eigenvalue weighted by atomic mass is 127. The van der Waals surface area contributed by atoms with Crippen LogP contribution in [-0.2, 0) is 6.42 Å². The maximum Gasteiger partial charge on any atom is 0.0430 e. The van der Waals surface area contributed by atoms with Gasteiger partial charge in [-0.1, -0.05) is 30.3 Å². The summed E-state index contributed by atoms with van der Waals surface area (Å²) in [5.41, 5.74) is 5.27. The summed E-state index contributed by atoms with van der Waals surface area (Å²) >= 11 is 2.33. The maximum absolute atomic E-state index is 4.31. The van der Waals surface area contributed by atoms with Crippen LogP contribution in [-0.4, -0.2) is 12.8 Å². The monoisotopic (exact) mass is 333 g/mol. The second kappa shape index (κ2) is 4.61. The lowest BCUT2D eigenvalue weighted by atomic mass is 9.97. The molecule has 0 fully saturated rings. The number of fused-ring (bicyclic) bond motifs is 1. The van der Waals surface area contributed by atoms with Crippen molar-refractivity contribution >= 4 is 28.8 Å². The third kappa shape index (κ3) is 2.27. The van der Waals surface area contributed by atoms with E-state index in [9.17, 15) is 0 Å². The molecule has 0 radical (unpaired) electrons. The van der Waals surface area contributed by atoms with Crippen molar-refractivity contribution in [2.45, 2.75) is 6.42 Å². The summed E-state index contributed by atoms with van der Waals surface area (Å²) in [7, 11) is 0. The third-order valence-corrected chi connectivity index (χ3v) is 3.78. The molecule has 2 aromatic rings. The smallest absolute Gasteiger partial charge is 0.0430 e. The molecule has 0 bridgehead atoms. The van der Waals surface area contributed by atoms with Crippen molar-refractivity contribution in [1.29, 1.82) is 0 Å². The van der Waals surface area contributed by atoms with Gasteiger partial charge in [0.25, 0.3) is 0 Å². The summed E-state index contributed by atoms with van der Waals surface area (Å²) in [4.78, 5) is 4.31. The molecule has 3 rings (SSSR count). The number of benzene rings is 2. The Labute approximate surface area is 115 Å². The van der Waals surface area contributed by atoms with E-state index in [0.29, 0.717) is 0 Å². The molecule has 84 valence electrons. The van der Waals surface area contributed by atoms with Crippen LogP contribution in [0.25, 0.3) is 11.1 Å². The van der Waals surface area contributed by atoms with Gasteiger partial charge in [0.15, 0.2) is 0 Å². The second-order valence-corrected chi connectivity index (χ2v) is 5.45. The molecule has 1 aliphatic heterocycles. The van der Waals surface area contributed by atoms with Gasteiger partial charge in [-0.2, -0.15) is 0 Å². The SMILES string of the molecule is Ic1ccc(-c2ccc3c(c2)CCN=C3)cc1. The number of hydrogen-bond donors (Lipinski definition) is 0. The van der Waals surface area contributed by atoms with Crippen molar-refractivity contribution in [3.05, 3.63) is 57.2 Å². The molecular weight excluding hydrogens is 321 g/mol. The van der Waals surface area contributed by atoms with Crippen molar-refractivity contribution in [3.63, 3.8) is 0 Å². The van der Waals surface area contributed by atoms with E-state index in [2.05, 4.69) is 70.0 Å². The average Bonchev–Trinajstić information content (AvgIpc) is 2.39. The number of aliphatic imine (C=N–C) groups is 1. The van der Waals surface area contributed by atoms with Crippen LogP contribution in [0.3, 0.4) is 0 Å². The van der Waals surface area contributed by atoms with Crippen LogP contribution in [0.2, 0.25) is 0 Å². The zero-order valence-electron chi connectivity index (χ0n) is 9.36. The molecule has 2 heteroatoms. The predicted molar refractivity (Wildman–Crippen MR) is 80.8 cm³/mol. The Bertz CT molecular complexity index is 570. The van der Waals surface area contributed by atoms with E-state index in [-0.39, 0.29) is 0 Å². The number of halogens is 1. The van der Waals surface area contributed by atoms with E-state index < -0.39 is 0 Å². The van der Waals surface area contributed by atoms with Gasteiger partial charge in [0.2, 0.25) is 0 Å². The Morgan fingerprint density at radius 2 is 1.71 bits per heavy atom. The van der Waals surface area contributed by atoms with Gasteiger partial charge in [0, 0.05) is 16.3 Å². The Kier molecular flexibility index (Phi) is 2.97. The average molecular weight is 333 g/mol. The van der Waals surface area contributed by atoms with Gasteiger partial charge < -0.3 is 0 Å². The Hall–Kier alpha value is -1.16. The van der Waals surface area contributed by atoms with Crippen LogP contribution in [0, 0.1) is 3.57 Å². The molecule has 1 aliphatic rings. The van der Waals surface area contributed by atoms with Crippen LogP contribution >= 0.6 is 22.6 Å². The highest BCUT2D eigenvalue weighted by molar-refractivity contribution is 14.1. The van der Waals surface area contributed by atoms with Crippen molar-refractivity contribution < 1.29 is 0 Å². The van der Waals surface area contributed by atoms with Crippen LogP contribution in [0.5, 0.6) is 0 Å². The number of hydrogen-bond acceptors (Lipinski definition) is 1. The van der Waals surface area contributed by atoms with Gasteiger partial charge >= 0.3 is 0 Å². The van der Waals surface area contributed by atoms with E-state index in [1.165, 1.54) is 25.8 Å². The molecule has 0 saturated heterocycles. The lowest BCUT2D eigenvalue weighted by Gasteiger charge is -2.11. The summed E-state index contributed by atoms with van der Waals surface area (Å²) < 4.78 is 1.27. The summed E-state index contributed by atoms with van der Waals surface area (Å²) in [6, 6.07) is 15.3. The zero-order chi connectivity index (χ0) is 11.7. The summed E-state index contributed by atoms with van der Waals surface area (Å²) in [5.74, 6) is 0. The molecule has 0 unspecified atom stereocenters. The van der Waals surface area contributed by atoms with Crippen molar-refractivity contribution in [3.8, 4) is 11.1 Å². The first-order chi connectivity index (χ1) is 8.33. The van der Waals surface area contributed by atoms with Gasteiger partial charge in [-0.15, -0.1) is 0 Å². The second-order valence-electron chi connectivity index (χ2n) is 4.21. The molecule has 0 amide bonds. The van der Waals surface area contributed by atoms with E-state index >= 15 is 0 Å². The third-order valence-electron chi connectivity index (χ3n) is 3.06. The molecule has 0 aliphatic carbocycles. The minimum Gasteiger partial charge on any atom is -0.292 e. The molecular formula is C15H12IN. The largest absolute Gasteiger partial charge is 0.292 e. The molecule has 1 heterocycles. The standard InChI is InChI=1S/C15H12IN/c16-15-5-3-11(4-6-15)12-1-2-14-10-17-8-7-13(14)9-12/h1-6,9-10H,7-8H2. The molecule has 1 nitrogen and oxygen atoms in total. The molecule has 0 N–H and O–H groups in total. The Morgan fingerprint density at radius 3 is 2.53 bits per heavy atom. The van der Waals surface area contributed by atoms with E-state index in [4.69, 9.17) is 0 Å². The highest BCUT2D eigenvalue weighted by Gasteiger charge is 2.06. The van der Waals surface area contributed by atoms with Crippen LogP contribution in [0.4, 0.5) is 0 Å². The molecule has 0 saturated carbocycles. The minimum atomic E-state index is 0.920.